The molecule has 1 atom stereocenters. The summed E-state index contributed by atoms with van der Waals surface area (Å²) >= 11 is 1.51. The lowest BCUT2D eigenvalue weighted by molar-refractivity contribution is -0.137. The van der Waals surface area contributed by atoms with E-state index >= 15 is 0 Å². The van der Waals surface area contributed by atoms with E-state index in [9.17, 15) is 9.59 Å². The molecule has 5 heteroatoms. The molecule has 126 valence electrons. The van der Waals surface area contributed by atoms with E-state index in [1.165, 1.54) is 11.8 Å². The Bertz CT molecular complexity index is 646. The van der Waals surface area contributed by atoms with Crippen molar-refractivity contribution in [3.63, 3.8) is 0 Å². The third-order valence-electron chi connectivity index (χ3n) is 3.45. The van der Waals surface area contributed by atoms with Gasteiger partial charge in [0.15, 0.2) is 0 Å². The third kappa shape index (κ3) is 6.08. The number of hydrogen-bond donors (Lipinski definition) is 2. The molecule has 2 N–H and O–H groups in total. The van der Waals surface area contributed by atoms with Crippen molar-refractivity contribution in [3.05, 3.63) is 66.2 Å². The average Bonchev–Trinajstić information content (AvgIpc) is 2.60. The standard InChI is InChI=1S/C19H21NO3S/c21-17(22)13-7-8-14-20-19(23)18(15-9-3-1-4-10-15)24-16-11-5-2-6-12-16/h1-6,9-12,18H,7-8,13-14H2,(H,20,23)(H,21,22). The largest absolute Gasteiger partial charge is 0.481 e. The highest BCUT2D eigenvalue weighted by Crippen LogP contribution is 2.35. The molecule has 1 unspecified atom stereocenters. The highest BCUT2D eigenvalue weighted by Gasteiger charge is 2.21. The molecule has 0 bridgehead atoms. The van der Waals surface area contributed by atoms with Crippen LogP contribution in [0.1, 0.15) is 30.1 Å². The summed E-state index contributed by atoms with van der Waals surface area (Å²) in [5.74, 6) is -0.853. The molecule has 0 aliphatic rings. The first-order valence-corrected chi connectivity index (χ1v) is 8.81. The second kappa shape index (κ2) is 9.78. The van der Waals surface area contributed by atoms with E-state index in [1.54, 1.807) is 0 Å². The normalized spacial score (nSPS) is 11.7. The second-order valence-electron chi connectivity index (χ2n) is 5.36. The SMILES string of the molecule is O=C(O)CCCCNC(=O)C(Sc1ccccc1)c1ccccc1. The predicted octanol–water partition coefficient (Wildman–Crippen LogP) is 3.89. The summed E-state index contributed by atoms with van der Waals surface area (Å²) in [7, 11) is 0. The van der Waals surface area contributed by atoms with Crippen molar-refractivity contribution in [1.82, 2.24) is 5.32 Å². The molecule has 0 heterocycles. The number of nitrogens with one attached hydrogen (secondary N) is 1. The summed E-state index contributed by atoms with van der Waals surface area (Å²) in [5, 5.41) is 11.2. The van der Waals surface area contributed by atoms with Gasteiger partial charge in [-0.15, -0.1) is 11.8 Å². The van der Waals surface area contributed by atoms with Crippen molar-refractivity contribution < 1.29 is 14.7 Å². The molecular formula is C19H21NO3S. The maximum atomic E-state index is 12.6. The van der Waals surface area contributed by atoms with E-state index in [1.807, 2.05) is 60.7 Å². The van der Waals surface area contributed by atoms with Crippen LogP contribution in [0.2, 0.25) is 0 Å². The van der Waals surface area contributed by atoms with Gasteiger partial charge in [0.2, 0.25) is 5.91 Å². The maximum absolute atomic E-state index is 12.6. The number of amides is 1. The smallest absolute Gasteiger partial charge is 0.303 e. The van der Waals surface area contributed by atoms with Gasteiger partial charge in [-0.1, -0.05) is 48.5 Å². The highest BCUT2D eigenvalue weighted by molar-refractivity contribution is 8.00. The van der Waals surface area contributed by atoms with Gasteiger partial charge in [-0.25, -0.2) is 0 Å². The quantitative estimate of drug-likeness (QED) is 0.535. The van der Waals surface area contributed by atoms with Gasteiger partial charge in [-0.2, -0.15) is 0 Å². The van der Waals surface area contributed by atoms with Crippen LogP contribution in [-0.4, -0.2) is 23.5 Å². The minimum atomic E-state index is -0.803. The molecule has 2 aromatic rings. The lowest BCUT2D eigenvalue weighted by atomic mass is 10.1. The number of aliphatic carboxylic acids is 1. The number of hydrogen-bond acceptors (Lipinski definition) is 3. The lowest BCUT2D eigenvalue weighted by Gasteiger charge is -2.17. The molecular weight excluding hydrogens is 322 g/mol. The van der Waals surface area contributed by atoms with Crippen molar-refractivity contribution in [3.8, 4) is 0 Å². The minimum Gasteiger partial charge on any atom is -0.481 e. The fourth-order valence-corrected chi connectivity index (χ4v) is 3.31. The van der Waals surface area contributed by atoms with E-state index in [0.717, 1.165) is 10.5 Å². The fraction of sp³-hybridized carbons (Fsp3) is 0.263. The van der Waals surface area contributed by atoms with Gasteiger partial charge in [0.05, 0.1) is 0 Å². The van der Waals surface area contributed by atoms with E-state index in [0.29, 0.717) is 19.4 Å². The molecule has 0 saturated carbocycles. The number of carbonyl (C=O) groups is 2. The third-order valence-corrected chi connectivity index (χ3v) is 4.72. The van der Waals surface area contributed by atoms with Crippen LogP contribution in [0.3, 0.4) is 0 Å². The number of unbranched alkanes of at least 4 members (excludes halogenated alkanes) is 1. The summed E-state index contributed by atoms with van der Waals surface area (Å²) < 4.78 is 0. The maximum Gasteiger partial charge on any atom is 0.303 e. The zero-order valence-corrected chi connectivity index (χ0v) is 14.2. The van der Waals surface area contributed by atoms with Crippen LogP contribution in [0.5, 0.6) is 0 Å². The fourth-order valence-electron chi connectivity index (χ4n) is 2.24. The molecule has 0 fully saturated rings. The molecule has 0 saturated heterocycles. The molecule has 0 aromatic heterocycles. The Morgan fingerprint density at radius 3 is 2.21 bits per heavy atom. The van der Waals surface area contributed by atoms with Gasteiger partial charge in [-0.3, -0.25) is 9.59 Å². The number of carboxylic acid groups (broad SMARTS) is 1. The van der Waals surface area contributed by atoms with Crippen LogP contribution < -0.4 is 5.32 Å². The highest BCUT2D eigenvalue weighted by atomic mass is 32.2. The van der Waals surface area contributed by atoms with Crippen LogP contribution >= 0.6 is 11.8 Å². The molecule has 1 amide bonds. The topological polar surface area (TPSA) is 66.4 Å². The van der Waals surface area contributed by atoms with Crippen molar-refractivity contribution in [2.24, 2.45) is 0 Å². The Balaban J connectivity index is 1.97. The van der Waals surface area contributed by atoms with Gasteiger partial charge in [-0.05, 0) is 30.5 Å². The van der Waals surface area contributed by atoms with Gasteiger partial charge in [0.25, 0.3) is 0 Å². The molecule has 0 aliphatic heterocycles. The number of rotatable bonds is 9. The molecule has 24 heavy (non-hydrogen) atoms. The predicted molar refractivity (Wildman–Crippen MR) is 96.0 cm³/mol. The van der Waals surface area contributed by atoms with Gasteiger partial charge < -0.3 is 10.4 Å². The van der Waals surface area contributed by atoms with E-state index in [-0.39, 0.29) is 17.6 Å². The summed E-state index contributed by atoms with van der Waals surface area (Å²) in [6.45, 7) is 0.491. The van der Waals surface area contributed by atoms with Crippen molar-refractivity contribution in [2.75, 3.05) is 6.54 Å². The Morgan fingerprint density at radius 2 is 1.58 bits per heavy atom. The first-order valence-electron chi connectivity index (χ1n) is 7.93. The molecule has 0 spiro atoms. The van der Waals surface area contributed by atoms with Crippen LogP contribution in [0, 0.1) is 0 Å². The lowest BCUT2D eigenvalue weighted by Crippen LogP contribution is -2.29. The summed E-state index contributed by atoms with van der Waals surface area (Å²) in [6.07, 6.45) is 1.36. The molecule has 4 nitrogen and oxygen atoms in total. The Hall–Kier alpha value is -2.27. The first-order chi connectivity index (χ1) is 11.7. The number of carboxylic acids is 1. The summed E-state index contributed by atoms with van der Waals surface area (Å²) in [5.41, 5.74) is 0.953. The van der Waals surface area contributed by atoms with Crippen molar-refractivity contribution >= 4 is 23.6 Å². The van der Waals surface area contributed by atoms with Crippen LogP contribution in [0.15, 0.2) is 65.6 Å². The van der Waals surface area contributed by atoms with Crippen LogP contribution in [-0.2, 0) is 9.59 Å². The number of thioether (sulfide) groups is 1. The van der Waals surface area contributed by atoms with Gasteiger partial charge in [0.1, 0.15) is 5.25 Å². The number of benzene rings is 2. The van der Waals surface area contributed by atoms with Crippen LogP contribution in [0.4, 0.5) is 0 Å². The molecule has 0 aliphatic carbocycles. The van der Waals surface area contributed by atoms with Gasteiger partial charge in [0, 0.05) is 17.9 Å². The van der Waals surface area contributed by atoms with Crippen molar-refractivity contribution in [2.45, 2.75) is 29.4 Å². The van der Waals surface area contributed by atoms with E-state index in [4.69, 9.17) is 5.11 Å². The molecule has 2 rings (SSSR count). The monoisotopic (exact) mass is 343 g/mol. The summed E-state index contributed by atoms with van der Waals surface area (Å²) in [4.78, 5) is 24.1. The van der Waals surface area contributed by atoms with Gasteiger partial charge >= 0.3 is 5.97 Å². The second-order valence-corrected chi connectivity index (χ2v) is 6.54. The Labute approximate surface area is 146 Å². The van der Waals surface area contributed by atoms with E-state index < -0.39 is 5.97 Å². The zero-order valence-electron chi connectivity index (χ0n) is 13.4. The first kappa shape index (κ1) is 18.1. The molecule has 2 aromatic carbocycles. The zero-order chi connectivity index (χ0) is 17.2. The average molecular weight is 343 g/mol. The summed E-state index contributed by atoms with van der Waals surface area (Å²) in [6, 6.07) is 19.5. The number of carbonyl (C=O) groups excluding carboxylic acids is 1. The van der Waals surface area contributed by atoms with Crippen molar-refractivity contribution in [1.29, 1.82) is 0 Å². The Morgan fingerprint density at radius 1 is 0.958 bits per heavy atom. The van der Waals surface area contributed by atoms with Crippen LogP contribution in [0.25, 0.3) is 0 Å². The molecule has 0 radical (unpaired) electrons. The Kier molecular flexibility index (Phi) is 7.36. The minimum absolute atomic E-state index is 0.0506. The van der Waals surface area contributed by atoms with E-state index in [2.05, 4.69) is 5.32 Å².